The Bertz CT molecular complexity index is 1020. The van der Waals surface area contributed by atoms with E-state index in [-0.39, 0.29) is 11.3 Å². The molecule has 0 aliphatic heterocycles. The first kappa shape index (κ1) is 27.7. The Morgan fingerprint density at radius 3 is 1.76 bits per heavy atom. The maximum Gasteiger partial charge on any atom is 0.339 e. The number of rotatable bonds is 7. The summed E-state index contributed by atoms with van der Waals surface area (Å²) in [7, 11) is 0. The largest absolute Gasteiger partial charge is 0.507 e. The van der Waals surface area contributed by atoms with Crippen LogP contribution in [-0.4, -0.2) is 16.2 Å². The van der Waals surface area contributed by atoms with E-state index in [0.717, 1.165) is 18.4 Å². The van der Waals surface area contributed by atoms with Crippen LogP contribution in [0.5, 0.6) is 5.75 Å². The van der Waals surface area contributed by atoms with Crippen LogP contribution in [0.1, 0.15) is 102 Å². The Morgan fingerprint density at radius 1 is 0.784 bits per heavy atom. The van der Waals surface area contributed by atoms with Crippen LogP contribution in [0.2, 0.25) is 0 Å². The Balaban J connectivity index is 2.13. The van der Waals surface area contributed by atoms with Crippen molar-refractivity contribution in [3.05, 3.63) is 65.2 Å². The molecule has 6 unspecified atom stereocenters. The van der Waals surface area contributed by atoms with E-state index in [4.69, 9.17) is 0 Å². The fourth-order valence-corrected chi connectivity index (χ4v) is 8.47. The van der Waals surface area contributed by atoms with Gasteiger partial charge in [0.2, 0.25) is 0 Å². The minimum atomic E-state index is -1.06. The Morgan fingerprint density at radius 2 is 1.30 bits per heavy atom. The summed E-state index contributed by atoms with van der Waals surface area (Å²) in [5.74, 6) is 2.82. The molecular formula is C34H48O3. The summed E-state index contributed by atoms with van der Waals surface area (Å²) in [4.78, 5) is 12.3. The molecule has 0 amide bonds. The molecule has 3 heteroatoms. The van der Waals surface area contributed by atoms with Crippen LogP contribution in [-0.2, 0) is 5.41 Å². The number of para-hydroxylation sites is 1. The summed E-state index contributed by atoms with van der Waals surface area (Å²) in [5.41, 5.74) is 1.66. The standard InChI is InChI=1S/C34H48O3/c1-21(2)26-17-15-23(5)19-30(26)34(25-11-8-7-9-12-25,29-14-10-13-28(32(29)35)33(36)37)31-20-24(6)16-18-27(31)22(3)4/h7-14,21-24,26-27,30-31,35H,15-20H2,1-6H3,(H,36,37). The van der Waals surface area contributed by atoms with E-state index in [9.17, 15) is 15.0 Å². The van der Waals surface area contributed by atoms with Gasteiger partial charge in [0.15, 0.2) is 0 Å². The van der Waals surface area contributed by atoms with Gasteiger partial charge >= 0.3 is 5.97 Å². The van der Waals surface area contributed by atoms with Crippen LogP contribution in [0.25, 0.3) is 0 Å². The molecule has 0 bridgehead atoms. The van der Waals surface area contributed by atoms with E-state index in [0.29, 0.717) is 47.3 Å². The Hall–Kier alpha value is -2.29. The van der Waals surface area contributed by atoms with E-state index < -0.39 is 11.4 Å². The second-order valence-corrected chi connectivity index (χ2v) is 13.1. The lowest BCUT2D eigenvalue weighted by atomic mass is 9.46. The average molecular weight is 505 g/mol. The summed E-state index contributed by atoms with van der Waals surface area (Å²) < 4.78 is 0. The Labute approximate surface area is 224 Å². The van der Waals surface area contributed by atoms with Crippen molar-refractivity contribution in [3.8, 4) is 5.75 Å². The molecule has 0 aromatic heterocycles. The summed E-state index contributed by atoms with van der Waals surface area (Å²) >= 11 is 0. The second kappa shape index (κ2) is 11.2. The van der Waals surface area contributed by atoms with Gasteiger partial charge in [-0.2, -0.15) is 0 Å². The number of aromatic carboxylic acids is 1. The van der Waals surface area contributed by atoms with Gasteiger partial charge in [-0.1, -0.05) is 96.8 Å². The monoisotopic (exact) mass is 504 g/mol. The molecule has 2 N–H and O–H groups in total. The number of hydrogen-bond acceptors (Lipinski definition) is 2. The van der Waals surface area contributed by atoms with Crippen molar-refractivity contribution in [1.29, 1.82) is 0 Å². The molecule has 6 atom stereocenters. The molecule has 0 heterocycles. The SMILES string of the molecule is CC1CCC(C(C)C)C(C(c2ccccc2)(c2cccc(C(=O)O)c2O)C2CC(C)CCC2C(C)C)C1. The predicted octanol–water partition coefficient (Wildman–Crippen LogP) is 8.79. The van der Waals surface area contributed by atoms with Gasteiger partial charge in [-0.15, -0.1) is 0 Å². The molecule has 37 heavy (non-hydrogen) atoms. The molecule has 2 saturated carbocycles. The molecule has 0 radical (unpaired) electrons. The average Bonchev–Trinajstić information content (AvgIpc) is 2.85. The minimum absolute atomic E-state index is 0.0210. The molecule has 202 valence electrons. The van der Waals surface area contributed by atoms with Crippen LogP contribution in [0.3, 0.4) is 0 Å². The van der Waals surface area contributed by atoms with Crippen molar-refractivity contribution in [2.45, 2.75) is 85.5 Å². The van der Waals surface area contributed by atoms with E-state index in [2.05, 4.69) is 77.9 Å². The second-order valence-electron chi connectivity index (χ2n) is 13.1. The predicted molar refractivity (Wildman–Crippen MR) is 152 cm³/mol. The number of carboxylic acid groups (broad SMARTS) is 1. The van der Waals surface area contributed by atoms with Crippen LogP contribution < -0.4 is 0 Å². The van der Waals surface area contributed by atoms with Crippen molar-refractivity contribution < 1.29 is 15.0 Å². The summed E-state index contributed by atoms with van der Waals surface area (Å²) in [6.07, 6.45) is 7.05. The fraction of sp³-hybridized carbons (Fsp3) is 0.618. The first-order valence-corrected chi connectivity index (χ1v) is 14.7. The van der Waals surface area contributed by atoms with E-state index >= 15 is 0 Å². The van der Waals surface area contributed by atoms with Gasteiger partial charge in [-0.25, -0.2) is 4.79 Å². The molecule has 2 aliphatic rings. The quantitative estimate of drug-likeness (QED) is 0.396. The third-order valence-electron chi connectivity index (χ3n) is 10.2. The maximum absolute atomic E-state index is 12.3. The zero-order valence-corrected chi connectivity index (χ0v) is 23.8. The van der Waals surface area contributed by atoms with Gasteiger partial charge in [0.1, 0.15) is 11.3 Å². The lowest BCUT2D eigenvalue weighted by molar-refractivity contribution is -0.00115. The Kier molecular flexibility index (Phi) is 8.41. The summed E-state index contributed by atoms with van der Waals surface area (Å²) in [5, 5.41) is 21.9. The fourth-order valence-electron chi connectivity index (χ4n) is 8.47. The van der Waals surface area contributed by atoms with Crippen molar-refractivity contribution in [3.63, 3.8) is 0 Å². The molecule has 3 nitrogen and oxygen atoms in total. The zero-order valence-electron chi connectivity index (χ0n) is 23.8. The highest BCUT2D eigenvalue weighted by Crippen LogP contribution is 2.62. The molecule has 2 aromatic carbocycles. The lowest BCUT2D eigenvalue weighted by Crippen LogP contribution is -2.53. The summed E-state index contributed by atoms with van der Waals surface area (Å²) in [6.45, 7) is 14.2. The maximum atomic E-state index is 12.3. The van der Waals surface area contributed by atoms with Crippen molar-refractivity contribution in [2.75, 3.05) is 0 Å². The van der Waals surface area contributed by atoms with Crippen LogP contribution in [0.15, 0.2) is 48.5 Å². The molecule has 4 rings (SSSR count). The molecule has 0 spiro atoms. The molecule has 2 aliphatic carbocycles. The number of hydrogen-bond donors (Lipinski definition) is 2. The third kappa shape index (κ3) is 5.08. The zero-order chi connectivity index (χ0) is 26.9. The topological polar surface area (TPSA) is 57.5 Å². The van der Waals surface area contributed by atoms with Gasteiger partial charge in [0.05, 0.1) is 0 Å². The number of carbonyl (C=O) groups is 1. The van der Waals surface area contributed by atoms with Crippen molar-refractivity contribution >= 4 is 5.97 Å². The van der Waals surface area contributed by atoms with E-state index in [1.165, 1.54) is 31.2 Å². The first-order valence-electron chi connectivity index (χ1n) is 14.7. The third-order valence-corrected chi connectivity index (χ3v) is 10.2. The van der Waals surface area contributed by atoms with Crippen LogP contribution in [0.4, 0.5) is 0 Å². The highest BCUT2D eigenvalue weighted by molar-refractivity contribution is 5.91. The smallest absolute Gasteiger partial charge is 0.339 e. The first-order chi connectivity index (χ1) is 17.6. The van der Waals surface area contributed by atoms with Gasteiger partial charge < -0.3 is 10.2 Å². The highest BCUT2D eigenvalue weighted by atomic mass is 16.4. The lowest BCUT2D eigenvalue weighted by Gasteiger charge is -2.58. The molecule has 2 aromatic rings. The van der Waals surface area contributed by atoms with Gasteiger partial charge in [0.25, 0.3) is 0 Å². The minimum Gasteiger partial charge on any atom is -0.507 e. The molecule has 0 saturated heterocycles. The number of phenols is 1. The normalized spacial score (nSPS) is 30.3. The number of benzene rings is 2. The van der Waals surface area contributed by atoms with Gasteiger partial charge in [-0.05, 0) is 84.7 Å². The van der Waals surface area contributed by atoms with Gasteiger partial charge in [-0.3, -0.25) is 0 Å². The van der Waals surface area contributed by atoms with Crippen LogP contribution >= 0.6 is 0 Å². The molecule has 2 fully saturated rings. The number of aromatic hydroxyl groups is 1. The highest BCUT2D eigenvalue weighted by Gasteiger charge is 2.56. The summed E-state index contributed by atoms with van der Waals surface area (Å²) in [6, 6.07) is 16.4. The van der Waals surface area contributed by atoms with E-state index in [1.54, 1.807) is 6.07 Å². The van der Waals surface area contributed by atoms with Crippen molar-refractivity contribution in [1.82, 2.24) is 0 Å². The number of carboxylic acids is 1. The molecular weight excluding hydrogens is 456 g/mol. The van der Waals surface area contributed by atoms with Crippen molar-refractivity contribution in [2.24, 2.45) is 47.3 Å². The van der Waals surface area contributed by atoms with Gasteiger partial charge in [0, 0.05) is 11.0 Å². The van der Waals surface area contributed by atoms with Crippen LogP contribution in [0, 0.1) is 47.3 Å². The van der Waals surface area contributed by atoms with E-state index in [1.807, 2.05) is 6.07 Å².